The number of ketones is 1. The molecule has 5 heteroatoms. The van der Waals surface area contributed by atoms with Gasteiger partial charge in [0.2, 0.25) is 0 Å². The van der Waals surface area contributed by atoms with Crippen molar-refractivity contribution < 1.29 is 21.8 Å². The van der Waals surface area contributed by atoms with E-state index < -0.39 is 0 Å². The van der Waals surface area contributed by atoms with Gasteiger partial charge in [-0.1, -0.05) is 34.1 Å². The number of nitrogens with two attached hydrogens (primary N) is 1. The van der Waals surface area contributed by atoms with Crippen LogP contribution in [0.25, 0.3) is 6.20 Å². The van der Waals surface area contributed by atoms with Crippen LogP contribution < -0.4 is 22.7 Å². The lowest BCUT2D eigenvalue weighted by Crippen LogP contribution is -3.00. The molecule has 19 heavy (non-hydrogen) atoms. The zero-order chi connectivity index (χ0) is 13.0. The smallest absolute Gasteiger partial charge is 0.276 e. The maximum atomic E-state index is 11.9. The number of rotatable bonds is 3. The minimum atomic E-state index is -0.0629. The Labute approximate surface area is 126 Å². The van der Waals surface area contributed by atoms with Crippen molar-refractivity contribution in [3.05, 3.63) is 64.8 Å². The van der Waals surface area contributed by atoms with Crippen LogP contribution in [0.15, 0.2) is 59.2 Å². The first-order valence-corrected chi connectivity index (χ1v) is 6.20. The van der Waals surface area contributed by atoms with Gasteiger partial charge in [0.05, 0.1) is 12.4 Å². The molecule has 0 aliphatic heterocycles. The Morgan fingerprint density at radius 3 is 2.68 bits per heavy atom. The first-order valence-electron chi connectivity index (χ1n) is 5.40. The van der Waals surface area contributed by atoms with Gasteiger partial charge in [-0.05, 0) is 18.2 Å². The van der Waals surface area contributed by atoms with Gasteiger partial charge in [0.15, 0.2) is 5.78 Å². The number of anilines is 1. The molecule has 2 aromatic rings. The largest absolute Gasteiger partial charge is 1.00 e. The zero-order valence-corrected chi connectivity index (χ0v) is 12.3. The molecule has 0 unspecified atom stereocenters. The molecule has 0 saturated heterocycles. The lowest BCUT2D eigenvalue weighted by atomic mass is 10.1. The number of hydrogen-bond acceptors (Lipinski definition) is 2. The highest BCUT2D eigenvalue weighted by Crippen LogP contribution is 2.12. The number of halogens is 2. The minimum absolute atomic E-state index is 0. The second-order valence-corrected chi connectivity index (χ2v) is 4.64. The molecule has 1 heterocycles. The summed E-state index contributed by atoms with van der Waals surface area (Å²) in [6.07, 6.45) is 4.94. The molecular formula is C14H12BrClN2O. The van der Waals surface area contributed by atoms with Crippen molar-refractivity contribution in [3.63, 3.8) is 0 Å². The molecule has 2 N–H and O–H groups in total. The summed E-state index contributed by atoms with van der Waals surface area (Å²) in [5.41, 5.74) is 6.40. The Balaban J connectivity index is 0.00000180. The van der Waals surface area contributed by atoms with E-state index in [4.69, 9.17) is 5.73 Å². The van der Waals surface area contributed by atoms with Gasteiger partial charge in [0, 0.05) is 22.2 Å². The number of nitrogens with zero attached hydrogens (tertiary/aromatic N) is 1. The summed E-state index contributed by atoms with van der Waals surface area (Å²) >= 11 is 3.34. The van der Waals surface area contributed by atoms with Crippen LogP contribution in [0, 0.1) is 0 Å². The van der Waals surface area contributed by atoms with Crippen molar-refractivity contribution in [3.8, 4) is 0 Å². The molecule has 0 radical (unpaired) electrons. The Bertz CT molecular complexity index is 614. The predicted molar refractivity (Wildman–Crippen MR) is 74.9 cm³/mol. The second kappa shape index (κ2) is 7.07. The van der Waals surface area contributed by atoms with Gasteiger partial charge in [0.1, 0.15) is 0 Å². The van der Waals surface area contributed by atoms with Crippen molar-refractivity contribution in [2.24, 2.45) is 0 Å². The summed E-state index contributed by atoms with van der Waals surface area (Å²) in [5.74, 6) is 0.517. The number of pyridine rings is 1. The number of nitrogen functional groups attached to an aromatic ring is 1. The highest BCUT2D eigenvalue weighted by atomic mass is 79.9. The Morgan fingerprint density at radius 1 is 1.21 bits per heavy atom. The van der Waals surface area contributed by atoms with Crippen LogP contribution in [0.4, 0.5) is 5.82 Å². The minimum Gasteiger partial charge on any atom is -1.00 e. The van der Waals surface area contributed by atoms with E-state index in [1.165, 1.54) is 6.08 Å². The zero-order valence-electron chi connectivity index (χ0n) is 9.96. The van der Waals surface area contributed by atoms with Crippen LogP contribution in [-0.2, 0) is 0 Å². The molecule has 0 amide bonds. The number of carbonyl (C=O) groups excluding carboxylic acids is 1. The van der Waals surface area contributed by atoms with Gasteiger partial charge in [-0.15, -0.1) is 0 Å². The maximum absolute atomic E-state index is 11.9. The van der Waals surface area contributed by atoms with Crippen molar-refractivity contribution in [1.29, 1.82) is 0 Å². The molecule has 0 bridgehead atoms. The average molecular weight is 340 g/mol. The van der Waals surface area contributed by atoms with Gasteiger partial charge in [0.25, 0.3) is 5.82 Å². The summed E-state index contributed by atoms with van der Waals surface area (Å²) < 4.78 is 2.57. The monoisotopic (exact) mass is 338 g/mol. The molecule has 98 valence electrons. The first kappa shape index (κ1) is 15.4. The second-order valence-electron chi connectivity index (χ2n) is 3.72. The van der Waals surface area contributed by atoms with E-state index in [0.717, 1.165) is 4.47 Å². The molecule has 1 aromatic heterocycles. The summed E-state index contributed by atoms with van der Waals surface area (Å²) in [4.78, 5) is 11.9. The number of aromatic nitrogens is 1. The Kier molecular flexibility index (Phi) is 5.73. The highest BCUT2D eigenvalue weighted by molar-refractivity contribution is 9.10. The van der Waals surface area contributed by atoms with E-state index in [9.17, 15) is 4.79 Å². The Hall–Kier alpha value is -1.65. The third-order valence-corrected chi connectivity index (χ3v) is 2.91. The first-order chi connectivity index (χ1) is 8.66. The van der Waals surface area contributed by atoms with Crippen LogP contribution in [-0.4, -0.2) is 5.78 Å². The van der Waals surface area contributed by atoms with E-state index >= 15 is 0 Å². The van der Waals surface area contributed by atoms with Crippen LogP contribution >= 0.6 is 15.9 Å². The van der Waals surface area contributed by atoms with Gasteiger partial charge in [-0.25, -0.2) is 4.57 Å². The van der Waals surface area contributed by atoms with E-state index in [0.29, 0.717) is 11.4 Å². The molecule has 0 saturated carbocycles. The van der Waals surface area contributed by atoms with Gasteiger partial charge in [-0.3, -0.25) is 10.5 Å². The summed E-state index contributed by atoms with van der Waals surface area (Å²) in [5, 5.41) is 0. The summed E-state index contributed by atoms with van der Waals surface area (Å²) in [6, 6.07) is 12.7. The third kappa shape index (κ3) is 4.19. The van der Waals surface area contributed by atoms with Gasteiger partial charge < -0.3 is 12.4 Å². The van der Waals surface area contributed by atoms with Crippen LogP contribution in [0.2, 0.25) is 0 Å². The van der Waals surface area contributed by atoms with Crippen molar-refractivity contribution in [2.45, 2.75) is 0 Å². The maximum Gasteiger partial charge on any atom is 0.276 e. The number of carbonyl (C=O) groups is 1. The van der Waals surface area contributed by atoms with E-state index in [1.807, 2.05) is 24.3 Å². The van der Waals surface area contributed by atoms with Crippen molar-refractivity contribution >= 4 is 33.7 Å². The molecule has 0 aliphatic rings. The lowest BCUT2D eigenvalue weighted by molar-refractivity contribution is -0.552. The summed E-state index contributed by atoms with van der Waals surface area (Å²) in [7, 11) is 0. The molecule has 2 rings (SSSR count). The van der Waals surface area contributed by atoms with E-state index in [2.05, 4.69) is 15.9 Å². The molecule has 0 fully saturated rings. The number of allylic oxidation sites excluding steroid dienone is 1. The predicted octanol–water partition coefficient (Wildman–Crippen LogP) is -0.324. The molecule has 3 nitrogen and oxygen atoms in total. The fraction of sp³-hybridized carbons (Fsp3) is 0. The third-order valence-electron chi connectivity index (χ3n) is 2.42. The number of benzene rings is 1. The Morgan fingerprint density at radius 2 is 2.00 bits per heavy atom. The van der Waals surface area contributed by atoms with Crippen LogP contribution in [0.3, 0.4) is 0 Å². The lowest BCUT2D eigenvalue weighted by Gasteiger charge is -1.97. The average Bonchev–Trinajstić information content (AvgIpc) is 2.37. The normalized spacial score (nSPS) is 10.2. The van der Waals surface area contributed by atoms with Gasteiger partial charge in [-0.2, -0.15) is 0 Å². The van der Waals surface area contributed by atoms with E-state index in [-0.39, 0.29) is 18.2 Å². The number of hydrogen-bond donors (Lipinski definition) is 1. The SMILES string of the molecule is Nc1cccc[n+]1C=CC(=O)c1cccc(Br)c1.[Cl-]. The van der Waals surface area contributed by atoms with E-state index in [1.54, 1.807) is 35.2 Å². The molecular weight excluding hydrogens is 328 g/mol. The molecule has 0 spiro atoms. The van der Waals surface area contributed by atoms with Crippen LogP contribution in [0.1, 0.15) is 10.4 Å². The molecule has 0 atom stereocenters. The summed E-state index contributed by atoms with van der Waals surface area (Å²) in [6.45, 7) is 0. The van der Waals surface area contributed by atoms with Crippen molar-refractivity contribution in [2.75, 3.05) is 5.73 Å². The molecule has 1 aromatic carbocycles. The molecule has 0 aliphatic carbocycles. The quantitative estimate of drug-likeness (QED) is 0.473. The fourth-order valence-electron chi connectivity index (χ4n) is 1.49. The highest BCUT2D eigenvalue weighted by Gasteiger charge is 2.03. The van der Waals surface area contributed by atoms with Gasteiger partial charge >= 0.3 is 0 Å². The standard InChI is InChI=1S/C14H11BrN2O.ClH/c15-12-5-3-4-11(10-12)13(18)7-9-17-8-2-1-6-14(17)16;/h1-10,16H;1H. The van der Waals surface area contributed by atoms with Crippen LogP contribution in [0.5, 0.6) is 0 Å². The van der Waals surface area contributed by atoms with Crippen molar-refractivity contribution in [1.82, 2.24) is 0 Å². The topological polar surface area (TPSA) is 47.0 Å². The fourth-order valence-corrected chi connectivity index (χ4v) is 1.89.